The van der Waals surface area contributed by atoms with E-state index in [0.717, 1.165) is 5.56 Å². The van der Waals surface area contributed by atoms with Crippen molar-refractivity contribution < 1.29 is 18.0 Å². The van der Waals surface area contributed by atoms with Crippen LogP contribution >= 0.6 is 11.6 Å². The lowest BCUT2D eigenvalue weighted by Gasteiger charge is -2.19. The molecule has 0 saturated carbocycles. The van der Waals surface area contributed by atoms with E-state index in [-0.39, 0.29) is 32.3 Å². The molecule has 0 bridgehead atoms. The van der Waals surface area contributed by atoms with E-state index < -0.39 is 15.7 Å². The second-order valence-electron chi connectivity index (χ2n) is 6.46. The summed E-state index contributed by atoms with van der Waals surface area (Å²) in [6.07, 6.45) is 0. The zero-order valence-corrected chi connectivity index (χ0v) is 16.3. The maximum absolute atomic E-state index is 13.0. The second kappa shape index (κ2) is 6.58. The molecule has 0 radical (unpaired) electrons. The highest BCUT2D eigenvalue weighted by Crippen LogP contribution is 2.35. The van der Waals surface area contributed by atoms with Gasteiger partial charge in [0.15, 0.2) is 5.78 Å². The van der Waals surface area contributed by atoms with Gasteiger partial charge in [0.25, 0.3) is 5.91 Å². The van der Waals surface area contributed by atoms with Gasteiger partial charge in [-0.05, 0) is 55.0 Å². The minimum absolute atomic E-state index is 0.0459. The Bertz CT molecular complexity index is 1270. The SMILES string of the molecule is Cc1ccc(NC(=O)c2ccc3c(c2)S(=O)(=O)c2ccccc2C3=O)cc1Cl. The third-order valence-electron chi connectivity index (χ3n) is 4.63. The molecule has 140 valence electrons. The largest absolute Gasteiger partial charge is 0.322 e. The molecule has 4 rings (SSSR count). The van der Waals surface area contributed by atoms with Crippen molar-refractivity contribution in [2.45, 2.75) is 16.7 Å². The summed E-state index contributed by atoms with van der Waals surface area (Å²) in [7, 11) is -3.90. The van der Waals surface area contributed by atoms with Gasteiger partial charge in [0, 0.05) is 27.4 Å². The Labute approximate surface area is 166 Å². The Kier molecular flexibility index (Phi) is 4.33. The van der Waals surface area contributed by atoms with Crippen LogP contribution in [0.4, 0.5) is 5.69 Å². The summed E-state index contributed by atoms with van der Waals surface area (Å²) < 4.78 is 25.9. The molecule has 5 nitrogen and oxygen atoms in total. The summed E-state index contributed by atoms with van der Waals surface area (Å²) in [4.78, 5) is 25.1. The van der Waals surface area contributed by atoms with Crippen LogP contribution in [0.15, 0.2) is 70.5 Å². The number of carbonyl (C=O) groups is 2. The smallest absolute Gasteiger partial charge is 0.255 e. The molecule has 0 aromatic heterocycles. The lowest BCUT2D eigenvalue weighted by Crippen LogP contribution is -2.21. The maximum atomic E-state index is 13.0. The number of sulfone groups is 1. The van der Waals surface area contributed by atoms with E-state index in [4.69, 9.17) is 11.6 Å². The van der Waals surface area contributed by atoms with E-state index >= 15 is 0 Å². The van der Waals surface area contributed by atoms with E-state index in [1.54, 1.807) is 30.3 Å². The fraction of sp³-hybridized carbons (Fsp3) is 0.0476. The van der Waals surface area contributed by atoms with E-state index in [1.165, 1.54) is 30.3 Å². The number of nitrogens with one attached hydrogen (secondary N) is 1. The number of fused-ring (bicyclic) bond motifs is 2. The Balaban J connectivity index is 1.74. The number of amides is 1. The summed E-state index contributed by atoms with van der Waals surface area (Å²) in [6.45, 7) is 1.84. The van der Waals surface area contributed by atoms with Crippen molar-refractivity contribution in [3.05, 3.63) is 87.9 Å². The summed E-state index contributed by atoms with van der Waals surface area (Å²) >= 11 is 6.07. The van der Waals surface area contributed by atoms with Crippen LogP contribution in [0.1, 0.15) is 31.8 Å². The third-order valence-corrected chi connectivity index (χ3v) is 6.89. The molecular weight excluding hydrogens is 398 g/mol. The van der Waals surface area contributed by atoms with Crippen LogP contribution in [0.25, 0.3) is 0 Å². The van der Waals surface area contributed by atoms with Crippen molar-refractivity contribution >= 4 is 38.8 Å². The fourth-order valence-corrected chi connectivity index (χ4v) is 4.96. The highest BCUT2D eigenvalue weighted by Gasteiger charge is 2.35. The Morgan fingerprint density at radius 1 is 0.929 bits per heavy atom. The quantitative estimate of drug-likeness (QED) is 0.534. The summed E-state index contributed by atoms with van der Waals surface area (Å²) in [5, 5.41) is 3.20. The van der Waals surface area contributed by atoms with Crippen LogP contribution in [-0.4, -0.2) is 20.1 Å². The van der Waals surface area contributed by atoms with Crippen molar-refractivity contribution in [3.63, 3.8) is 0 Å². The Morgan fingerprint density at radius 3 is 2.39 bits per heavy atom. The monoisotopic (exact) mass is 411 g/mol. The molecule has 1 aliphatic rings. The predicted octanol–water partition coefficient (Wildman–Crippen LogP) is 4.28. The number of benzene rings is 3. The Hall–Kier alpha value is -2.96. The van der Waals surface area contributed by atoms with Gasteiger partial charge in [-0.25, -0.2) is 8.42 Å². The summed E-state index contributed by atoms with van der Waals surface area (Å²) in [5.41, 5.74) is 1.70. The molecule has 28 heavy (non-hydrogen) atoms. The molecule has 0 spiro atoms. The van der Waals surface area contributed by atoms with Gasteiger partial charge in [0.1, 0.15) is 0 Å². The average molecular weight is 412 g/mol. The number of aryl methyl sites for hydroxylation is 1. The van der Waals surface area contributed by atoms with Crippen LogP contribution in [0, 0.1) is 6.92 Å². The zero-order valence-electron chi connectivity index (χ0n) is 14.7. The first kappa shape index (κ1) is 18.4. The molecule has 7 heteroatoms. The highest BCUT2D eigenvalue weighted by molar-refractivity contribution is 7.91. The maximum Gasteiger partial charge on any atom is 0.255 e. The minimum atomic E-state index is -3.90. The second-order valence-corrected chi connectivity index (χ2v) is 8.75. The van der Waals surface area contributed by atoms with Crippen LogP contribution in [0.2, 0.25) is 5.02 Å². The van der Waals surface area contributed by atoms with E-state index in [0.29, 0.717) is 10.7 Å². The van der Waals surface area contributed by atoms with Crippen molar-refractivity contribution in [2.24, 2.45) is 0 Å². The van der Waals surface area contributed by atoms with Gasteiger partial charge in [0.2, 0.25) is 9.84 Å². The van der Waals surface area contributed by atoms with Gasteiger partial charge in [-0.15, -0.1) is 0 Å². The van der Waals surface area contributed by atoms with Gasteiger partial charge in [-0.1, -0.05) is 29.8 Å². The van der Waals surface area contributed by atoms with Crippen LogP contribution in [-0.2, 0) is 9.84 Å². The lowest BCUT2D eigenvalue weighted by molar-refractivity contribution is 0.101. The molecule has 1 amide bonds. The number of ketones is 1. The molecule has 1 aliphatic heterocycles. The zero-order chi connectivity index (χ0) is 20.1. The van der Waals surface area contributed by atoms with E-state index in [9.17, 15) is 18.0 Å². The number of hydrogen-bond acceptors (Lipinski definition) is 4. The summed E-state index contributed by atoms with van der Waals surface area (Å²) in [6, 6.07) is 15.2. The van der Waals surface area contributed by atoms with E-state index in [2.05, 4.69) is 5.32 Å². The topological polar surface area (TPSA) is 80.3 Å². The first-order valence-electron chi connectivity index (χ1n) is 8.39. The van der Waals surface area contributed by atoms with Gasteiger partial charge in [0.05, 0.1) is 9.79 Å². The molecule has 0 aliphatic carbocycles. The number of carbonyl (C=O) groups excluding carboxylic acids is 2. The third kappa shape index (κ3) is 2.91. The number of hydrogen-bond donors (Lipinski definition) is 1. The van der Waals surface area contributed by atoms with Crippen molar-refractivity contribution in [1.82, 2.24) is 0 Å². The standard InChI is InChI=1S/C21H14ClNO4S/c1-12-6-8-14(11-17(12)22)23-21(25)13-7-9-16-19(10-13)28(26,27)18-5-3-2-4-15(18)20(16)24/h2-11H,1H3,(H,23,25). The van der Waals surface area contributed by atoms with Crippen molar-refractivity contribution in [3.8, 4) is 0 Å². The molecule has 1 heterocycles. The fourth-order valence-electron chi connectivity index (χ4n) is 3.10. The lowest BCUT2D eigenvalue weighted by atomic mass is 10.0. The van der Waals surface area contributed by atoms with Crippen LogP contribution in [0.3, 0.4) is 0 Å². The van der Waals surface area contributed by atoms with E-state index in [1.807, 2.05) is 6.92 Å². The molecule has 3 aromatic rings. The molecule has 1 N–H and O–H groups in total. The average Bonchev–Trinajstić information content (AvgIpc) is 2.69. The number of halogens is 1. The van der Waals surface area contributed by atoms with Crippen molar-refractivity contribution in [1.29, 1.82) is 0 Å². The Morgan fingerprint density at radius 2 is 1.64 bits per heavy atom. The van der Waals surface area contributed by atoms with Gasteiger partial charge >= 0.3 is 0 Å². The molecule has 0 fully saturated rings. The number of rotatable bonds is 2. The molecule has 3 aromatic carbocycles. The van der Waals surface area contributed by atoms with Gasteiger partial charge < -0.3 is 5.32 Å². The minimum Gasteiger partial charge on any atom is -0.322 e. The normalized spacial score (nSPS) is 14.1. The van der Waals surface area contributed by atoms with Crippen LogP contribution < -0.4 is 5.32 Å². The number of anilines is 1. The van der Waals surface area contributed by atoms with Crippen molar-refractivity contribution in [2.75, 3.05) is 5.32 Å². The molecule has 0 unspecified atom stereocenters. The predicted molar refractivity (Wildman–Crippen MR) is 106 cm³/mol. The van der Waals surface area contributed by atoms with Crippen LogP contribution in [0.5, 0.6) is 0 Å². The van der Waals surface area contributed by atoms with Gasteiger partial charge in [-0.2, -0.15) is 0 Å². The first-order chi connectivity index (χ1) is 13.3. The first-order valence-corrected chi connectivity index (χ1v) is 10.3. The molecule has 0 atom stereocenters. The summed E-state index contributed by atoms with van der Waals surface area (Å²) in [5.74, 6) is -0.873. The highest BCUT2D eigenvalue weighted by atomic mass is 35.5. The molecular formula is C21H14ClNO4S. The van der Waals surface area contributed by atoms with Gasteiger partial charge in [-0.3, -0.25) is 9.59 Å². The molecule has 0 saturated heterocycles.